The highest BCUT2D eigenvalue weighted by Gasteiger charge is 2.35. The molecule has 1 aromatic heterocycles. The highest BCUT2D eigenvalue weighted by Crippen LogP contribution is 2.33. The van der Waals surface area contributed by atoms with Crippen LogP contribution in [0.15, 0.2) is 17.2 Å². The summed E-state index contributed by atoms with van der Waals surface area (Å²) in [5.41, 5.74) is 4.69. The lowest BCUT2D eigenvalue weighted by atomic mass is 10.4. The van der Waals surface area contributed by atoms with E-state index in [1.807, 2.05) is 0 Å². The van der Waals surface area contributed by atoms with Gasteiger partial charge in [0, 0.05) is 16.9 Å². The van der Waals surface area contributed by atoms with E-state index < -0.39 is 31.9 Å². The molecule has 5 nitrogen and oxygen atoms in total. The Hall–Kier alpha value is -1.22. The van der Waals surface area contributed by atoms with Crippen LogP contribution in [-0.2, 0) is 9.05 Å². The van der Waals surface area contributed by atoms with Crippen LogP contribution in [0, 0.1) is 0 Å². The van der Waals surface area contributed by atoms with Crippen LogP contribution < -0.4 is 10.5 Å². The van der Waals surface area contributed by atoms with Gasteiger partial charge < -0.3 is 10.5 Å². The average Bonchev–Trinajstić information content (AvgIpc) is 1.97. The Balaban J connectivity index is 3.36. The van der Waals surface area contributed by atoms with E-state index in [2.05, 4.69) is 9.72 Å². The number of rotatable bonds is 2. The van der Waals surface area contributed by atoms with Crippen LogP contribution in [0.25, 0.3) is 0 Å². The number of hydrogen-bond donors (Lipinski definition) is 1. The predicted molar refractivity (Wildman–Crippen MR) is 48.4 cm³/mol. The van der Waals surface area contributed by atoms with Crippen molar-refractivity contribution in [2.75, 3.05) is 5.73 Å². The summed E-state index contributed by atoms with van der Waals surface area (Å²) in [6.45, 7) is 0. The molecule has 0 aliphatic heterocycles. The predicted octanol–water partition coefficient (Wildman–Crippen LogP) is 1.49. The lowest BCUT2D eigenvalue weighted by molar-refractivity contribution is -0.277. The second-order valence-corrected chi connectivity index (χ2v) is 5.02. The van der Waals surface area contributed by atoms with Crippen molar-refractivity contribution < 1.29 is 26.3 Å². The largest absolute Gasteiger partial charge is 0.574 e. The number of aromatic nitrogens is 1. The van der Waals surface area contributed by atoms with Gasteiger partial charge in [-0.15, -0.1) is 13.2 Å². The van der Waals surface area contributed by atoms with E-state index in [4.69, 9.17) is 16.4 Å². The summed E-state index contributed by atoms with van der Waals surface area (Å²) in [6, 6.07) is 0.985. The fourth-order valence-corrected chi connectivity index (χ4v) is 1.99. The second-order valence-electron chi connectivity index (χ2n) is 2.52. The maximum absolute atomic E-state index is 11.9. The van der Waals surface area contributed by atoms with E-state index >= 15 is 0 Å². The van der Waals surface area contributed by atoms with Gasteiger partial charge in [-0.1, -0.05) is 0 Å². The van der Waals surface area contributed by atoms with Gasteiger partial charge in [0.2, 0.25) is 5.88 Å². The van der Waals surface area contributed by atoms with Gasteiger partial charge in [-0.05, 0) is 6.07 Å². The highest BCUT2D eigenvalue weighted by molar-refractivity contribution is 8.14. The van der Waals surface area contributed by atoms with Gasteiger partial charge in [0.15, 0.2) is 4.90 Å². The maximum Gasteiger partial charge on any atom is 0.574 e. The summed E-state index contributed by atoms with van der Waals surface area (Å²) >= 11 is 0. The number of pyridine rings is 1. The number of nitrogen functional groups attached to an aromatic ring is 1. The van der Waals surface area contributed by atoms with Crippen LogP contribution in [0.1, 0.15) is 0 Å². The zero-order valence-corrected chi connectivity index (χ0v) is 8.90. The molecule has 0 fully saturated rings. The first-order valence-corrected chi connectivity index (χ1v) is 5.87. The molecule has 0 saturated heterocycles. The molecule has 90 valence electrons. The number of hydrogen-bond acceptors (Lipinski definition) is 5. The SMILES string of the molecule is Nc1ccnc(OC(F)(F)F)c1S(=O)(=O)Cl. The van der Waals surface area contributed by atoms with Crippen molar-refractivity contribution in [3.8, 4) is 5.88 Å². The minimum Gasteiger partial charge on any atom is -0.397 e. The third-order valence-electron chi connectivity index (χ3n) is 1.36. The molecule has 1 aromatic rings. The molecule has 0 radical (unpaired) electrons. The summed E-state index contributed by atoms with van der Waals surface area (Å²) in [5.74, 6) is -1.21. The monoisotopic (exact) mass is 276 g/mol. The smallest absolute Gasteiger partial charge is 0.397 e. The Morgan fingerprint density at radius 3 is 2.44 bits per heavy atom. The van der Waals surface area contributed by atoms with Gasteiger partial charge in [0.25, 0.3) is 9.05 Å². The molecule has 1 heterocycles. The van der Waals surface area contributed by atoms with Gasteiger partial charge in [0.05, 0.1) is 5.69 Å². The first-order valence-electron chi connectivity index (χ1n) is 3.56. The van der Waals surface area contributed by atoms with Crippen molar-refractivity contribution in [1.82, 2.24) is 4.98 Å². The Morgan fingerprint density at radius 1 is 1.44 bits per heavy atom. The summed E-state index contributed by atoms with van der Waals surface area (Å²) in [5, 5.41) is 0. The van der Waals surface area contributed by atoms with Crippen LogP contribution >= 0.6 is 10.7 Å². The van der Waals surface area contributed by atoms with Crippen molar-refractivity contribution in [1.29, 1.82) is 0 Å². The normalized spacial score (nSPS) is 12.5. The summed E-state index contributed by atoms with van der Waals surface area (Å²) < 4.78 is 61.0. The summed E-state index contributed by atoms with van der Waals surface area (Å²) in [6.07, 6.45) is -4.22. The Morgan fingerprint density at radius 2 is 2.00 bits per heavy atom. The van der Waals surface area contributed by atoms with Crippen molar-refractivity contribution in [3.63, 3.8) is 0 Å². The molecule has 0 aromatic carbocycles. The third-order valence-corrected chi connectivity index (χ3v) is 2.72. The van der Waals surface area contributed by atoms with Crippen LogP contribution in [0.5, 0.6) is 5.88 Å². The number of halogens is 4. The van der Waals surface area contributed by atoms with Crippen LogP contribution in [0.3, 0.4) is 0 Å². The molecule has 0 amide bonds. The molecule has 0 spiro atoms. The third kappa shape index (κ3) is 3.14. The van der Waals surface area contributed by atoms with Gasteiger partial charge in [-0.2, -0.15) is 0 Å². The summed E-state index contributed by atoms with van der Waals surface area (Å²) in [7, 11) is 0.426. The number of nitrogens with zero attached hydrogens (tertiary/aromatic N) is 1. The fraction of sp³-hybridized carbons (Fsp3) is 0.167. The van der Waals surface area contributed by atoms with E-state index in [-0.39, 0.29) is 0 Å². The van der Waals surface area contributed by atoms with Gasteiger partial charge in [0.1, 0.15) is 0 Å². The Labute approximate surface area is 92.4 Å². The fourth-order valence-electron chi connectivity index (χ4n) is 0.870. The van der Waals surface area contributed by atoms with Gasteiger partial charge in [-0.25, -0.2) is 13.4 Å². The lowest BCUT2D eigenvalue weighted by Gasteiger charge is -2.11. The highest BCUT2D eigenvalue weighted by atomic mass is 35.7. The van der Waals surface area contributed by atoms with Gasteiger partial charge in [-0.3, -0.25) is 0 Å². The molecular weight excluding hydrogens is 273 g/mol. The number of ether oxygens (including phenoxy) is 1. The molecular formula is C6H4ClF3N2O3S. The van der Waals surface area contributed by atoms with Crippen molar-refractivity contribution in [2.24, 2.45) is 0 Å². The van der Waals surface area contributed by atoms with Crippen molar-refractivity contribution in [3.05, 3.63) is 12.3 Å². The standard InChI is InChI=1S/C6H4ClF3N2O3S/c7-16(13,14)4-3(11)1-2-12-5(4)15-6(8,9)10/h1-2H,(H2,11,12). The molecule has 0 aliphatic rings. The molecule has 16 heavy (non-hydrogen) atoms. The number of anilines is 1. The van der Waals surface area contributed by atoms with Gasteiger partial charge >= 0.3 is 6.36 Å². The molecule has 0 saturated carbocycles. The Kier molecular flexibility index (Phi) is 3.20. The van der Waals surface area contributed by atoms with E-state index in [0.29, 0.717) is 0 Å². The molecule has 10 heteroatoms. The molecule has 0 bridgehead atoms. The minimum absolute atomic E-state index is 0.482. The minimum atomic E-state index is -5.09. The lowest BCUT2D eigenvalue weighted by Crippen LogP contribution is -2.19. The van der Waals surface area contributed by atoms with Crippen molar-refractivity contribution in [2.45, 2.75) is 11.3 Å². The second kappa shape index (κ2) is 3.98. The first kappa shape index (κ1) is 12.8. The average molecular weight is 277 g/mol. The first-order chi connectivity index (χ1) is 7.11. The zero-order valence-electron chi connectivity index (χ0n) is 7.32. The molecule has 2 N–H and O–H groups in total. The van der Waals surface area contributed by atoms with Crippen LogP contribution in [0.2, 0.25) is 0 Å². The quantitative estimate of drug-likeness (QED) is 0.828. The van der Waals surface area contributed by atoms with Crippen LogP contribution in [-0.4, -0.2) is 19.8 Å². The molecule has 1 rings (SSSR count). The van der Waals surface area contributed by atoms with E-state index in [9.17, 15) is 21.6 Å². The van der Waals surface area contributed by atoms with E-state index in [0.717, 1.165) is 12.3 Å². The summed E-state index contributed by atoms with van der Waals surface area (Å²) in [4.78, 5) is 2.10. The molecule has 0 aliphatic carbocycles. The molecule has 0 atom stereocenters. The van der Waals surface area contributed by atoms with E-state index in [1.165, 1.54) is 0 Å². The Bertz CT molecular complexity index is 502. The zero-order chi connectivity index (χ0) is 12.6. The van der Waals surface area contributed by atoms with Crippen LogP contribution in [0.4, 0.5) is 18.9 Å². The topological polar surface area (TPSA) is 82.3 Å². The van der Waals surface area contributed by atoms with Crippen molar-refractivity contribution >= 4 is 25.4 Å². The number of nitrogens with two attached hydrogens (primary N) is 1. The maximum atomic E-state index is 11.9. The molecule has 0 unspecified atom stereocenters. The van der Waals surface area contributed by atoms with E-state index in [1.54, 1.807) is 0 Å². The number of alkyl halides is 3.